The fraction of sp³-hybridized carbons (Fsp3) is 0.474. The fourth-order valence-corrected chi connectivity index (χ4v) is 11.1. The van der Waals surface area contributed by atoms with Crippen LogP contribution in [-0.2, 0) is 25.0 Å². The van der Waals surface area contributed by atoms with Crippen LogP contribution in [0.25, 0.3) is 0 Å². The summed E-state index contributed by atoms with van der Waals surface area (Å²) in [5, 5.41) is 10.2. The molecule has 2 bridgehead atoms. The number of methoxy groups -OCH3 is 2. The van der Waals surface area contributed by atoms with E-state index in [1.54, 1.807) is 19.1 Å². The zero-order chi connectivity index (χ0) is 37.9. The van der Waals surface area contributed by atoms with E-state index in [9.17, 15) is 18.5 Å². The number of aromatic nitrogens is 1. The SMILES string of the molecule is CCOc1ncccc1[C@@]1(C2CC(N3C[C@@H]4C[C@H]3CN4C3COC3)CCN2C(N)=O)C(=O)N(S(=O)(=O)c2ccc(OC)cc2OC)c2ccc(C#N)cc21. The molecule has 15 nitrogen and oxygen atoms in total. The Bertz CT molecular complexity index is 2140. The minimum Gasteiger partial charge on any atom is -0.497 e. The van der Waals surface area contributed by atoms with Gasteiger partial charge in [-0.05, 0) is 62.6 Å². The average molecular weight is 758 g/mol. The Labute approximate surface area is 314 Å². The van der Waals surface area contributed by atoms with Gasteiger partial charge in [0.2, 0.25) is 5.88 Å². The van der Waals surface area contributed by atoms with Crippen molar-refractivity contribution < 1.29 is 37.0 Å². The molecule has 0 saturated carbocycles. The zero-order valence-electron chi connectivity index (χ0n) is 30.4. The van der Waals surface area contributed by atoms with Crippen molar-refractivity contribution >= 4 is 27.6 Å². The first-order valence-electron chi connectivity index (χ1n) is 18.2. The van der Waals surface area contributed by atoms with Gasteiger partial charge in [-0.1, -0.05) is 6.07 Å². The minimum absolute atomic E-state index is 0.0330. The number of pyridine rings is 1. The Morgan fingerprint density at radius 3 is 2.41 bits per heavy atom. The summed E-state index contributed by atoms with van der Waals surface area (Å²) < 4.78 is 53.2. The zero-order valence-corrected chi connectivity index (χ0v) is 31.2. The van der Waals surface area contributed by atoms with Gasteiger partial charge in [-0.3, -0.25) is 14.6 Å². The maximum atomic E-state index is 15.9. The van der Waals surface area contributed by atoms with Crippen molar-refractivity contribution in [2.45, 2.75) is 66.7 Å². The highest BCUT2D eigenvalue weighted by molar-refractivity contribution is 7.93. The number of anilines is 1. The summed E-state index contributed by atoms with van der Waals surface area (Å²) in [6.45, 7) is 5.42. The number of rotatable bonds is 10. The quantitative estimate of drug-likeness (QED) is 0.320. The number of sulfonamides is 1. The van der Waals surface area contributed by atoms with Crippen LogP contribution in [0.4, 0.5) is 10.5 Å². The van der Waals surface area contributed by atoms with Crippen molar-refractivity contribution in [2.24, 2.45) is 5.73 Å². The number of nitrogens with zero attached hydrogens (tertiary/aromatic N) is 6. The number of likely N-dealkylation sites (tertiary alicyclic amines) is 3. The van der Waals surface area contributed by atoms with Gasteiger partial charge in [0.05, 0.1) is 63.4 Å². The summed E-state index contributed by atoms with van der Waals surface area (Å²) in [4.78, 5) is 40.2. The minimum atomic E-state index is -4.72. The molecule has 1 aromatic heterocycles. The van der Waals surface area contributed by atoms with E-state index in [1.165, 1.54) is 61.7 Å². The molecule has 2 N–H and O–H groups in total. The normalized spacial score (nSPS) is 27.0. The number of carbonyl (C=O) groups is 2. The number of amides is 3. The lowest BCUT2D eigenvalue weighted by Gasteiger charge is -2.51. The molecular formula is C38H43N7O8S. The Balaban J connectivity index is 1.32. The molecule has 5 aliphatic heterocycles. The maximum absolute atomic E-state index is 15.9. The molecule has 3 amide bonds. The van der Waals surface area contributed by atoms with Crippen LogP contribution in [0.2, 0.25) is 0 Å². The second-order valence-electron chi connectivity index (χ2n) is 14.4. The first-order chi connectivity index (χ1) is 26.1. The van der Waals surface area contributed by atoms with Crippen LogP contribution < -0.4 is 24.2 Å². The number of hydrogen-bond acceptors (Lipinski definition) is 12. The first kappa shape index (κ1) is 36.0. The third-order valence-electron chi connectivity index (χ3n) is 11.9. The van der Waals surface area contributed by atoms with E-state index in [4.69, 9.17) is 24.7 Å². The van der Waals surface area contributed by atoms with Crippen molar-refractivity contribution in [1.82, 2.24) is 19.7 Å². The molecule has 4 saturated heterocycles. The van der Waals surface area contributed by atoms with Gasteiger partial charge < -0.3 is 29.6 Å². The van der Waals surface area contributed by atoms with E-state index in [-0.39, 0.29) is 64.1 Å². The number of carbonyl (C=O) groups excluding carboxylic acids is 2. The highest BCUT2D eigenvalue weighted by Crippen LogP contribution is 2.56. The summed E-state index contributed by atoms with van der Waals surface area (Å²) in [5.41, 5.74) is 4.98. The fourth-order valence-electron chi connectivity index (χ4n) is 9.47. The standard InChI is InChI=1S/C38H43N7O8S/c1-4-53-35-29(6-5-12-41-35)38(34-16-24(11-13-42(34)37(40)47)43-19-26-15-25(43)20-44(26)27-21-52-22-27)30-14-23(18-39)7-9-31(30)45(36(38)46)54(48,49)33-10-8-28(50-2)17-32(33)51-3/h5-10,12,14,17,24-27,34H,4,11,13,15-16,19-22H2,1-3H3,(H2,40,47)/t24?,25-,26-,34?,38+/m0/s1. The number of fused-ring (bicyclic) bond motifs is 3. The van der Waals surface area contributed by atoms with Gasteiger partial charge in [0.1, 0.15) is 21.8 Å². The molecule has 54 heavy (non-hydrogen) atoms. The van der Waals surface area contributed by atoms with Gasteiger partial charge in [0.15, 0.2) is 0 Å². The van der Waals surface area contributed by atoms with E-state index in [2.05, 4.69) is 20.9 Å². The molecule has 16 heteroatoms. The summed E-state index contributed by atoms with van der Waals surface area (Å²) >= 11 is 0. The molecule has 5 aliphatic rings. The van der Waals surface area contributed by atoms with Crippen LogP contribution in [0.1, 0.15) is 42.9 Å². The second-order valence-corrected chi connectivity index (χ2v) is 16.1. The van der Waals surface area contributed by atoms with E-state index in [1.807, 2.05) is 0 Å². The van der Waals surface area contributed by atoms with E-state index in [0.29, 0.717) is 30.7 Å². The number of ether oxygens (including phenoxy) is 4. The van der Waals surface area contributed by atoms with E-state index in [0.717, 1.165) is 37.0 Å². The molecule has 6 heterocycles. The number of primary amides is 1. The van der Waals surface area contributed by atoms with Crippen LogP contribution >= 0.6 is 0 Å². The Morgan fingerprint density at radius 2 is 1.78 bits per heavy atom. The molecule has 4 fully saturated rings. The molecule has 8 rings (SSSR count). The number of hydrogen-bond donors (Lipinski definition) is 1. The van der Waals surface area contributed by atoms with Crippen LogP contribution in [0, 0.1) is 11.3 Å². The van der Waals surface area contributed by atoms with Crippen molar-refractivity contribution in [3.63, 3.8) is 0 Å². The summed E-state index contributed by atoms with van der Waals surface area (Å²) in [6.07, 6.45) is 3.45. The van der Waals surface area contributed by atoms with Gasteiger partial charge in [0.25, 0.3) is 15.9 Å². The van der Waals surface area contributed by atoms with E-state index < -0.39 is 33.4 Å². The maximum Gasteiger partial charge on any atom is 0.315 e. The second kappa shape index (κ2) is 13.7. The molecule has 0 spiro atoms. The average Bonchev–Trinajstić information content (AvgIpc) is 3.84. The smallest absolute Gasteiger partial charge is 0.315 e. The van der Waals surface area contributed by atoms with Gasteiger partial charge in [-0.2, -0.15) is 5.26 Å². The molecule has 284 valence electrons. The lowest BCUT2D eigenvalue weighted by atomic mass is 9.66. The number of nitriles is 1. The first-order valence-corrected chi connectivity index (χ1v) is 19.6. The molecule has 3 aromatic rings. The number of piperazine rings is 1. The highest BCUT2D eigenvalue weighted by atomic mass is 32.2. The number of urea groups is 1. The van der Waals surface area contributed by atoms with Gasteiger partial charge in [-0.15, -0.1) is 0 Å². The lowest BCUT2D eigenvalue weighted by Crippen LogP contribution is -2.65. The molecule has 2 aromatic carbocycles. The van der Waals surface area contributed by atoms with Crippen molar-refractivity contribution in [3.05, 3.63) is 71.4 Å². The third kappa shape index (κ3) is 5.39. The highest BCUT2D eigenvalue weighted by Gasteiger charge is 2.64. The third-order valence-corrected chi connectivity index (χ3v) is 13.6. The largest absolute Gasteiger partial charge is 0.497 e. The summed E-state index contributed by atoms with van der Waals surface area (Å²) in [5.74, 6) is -0.424. The molecular weight excluding hydrogens is 715 g/mol. The predicted molar refractivity (Wildman–Crippen MR) is 195 cm³/mol. The monoisotopic (exact) mass is 757 g/mol. The number of nitrogens with two attached hydrogens (primary N) is 1. The Hall–Kier alpha value is -4.95. The van der Waals surface area contributed by atoms with Crippen LogP contribution in [0.5, 0.6) is 17.4 Å². The summed E-state index contributed by atoms with van der Waals surface area (Å²) in [6, 6.07) is 13.5. The number of piperidine rings is 1. The predicted octanol–water partition coefficient (Wildman–Crippen LogP) is 2.46. The van der Waals surface area contributed by atoms with Crippen LogP contribution in [0.15, 0.2) is 59.6 Å². The van der Waals surface area contributed by atoms with Gasteiger partial charge >= 0.3 is 6.03 Å². The number of benzene rings is 2. The molecule has 0 aliphatic carbocycles. The molecule has 2 unspecified atom stereocenters. The van der Waals surface area contributed by atoms with Crippen molar-refractivity contribution in [1.29, 1.82) is 5.26 Å². The van der Waals surface area contributed by atoms with Crippen molar-refractivity contribution in [3.8, 4) is 23.4 Å². The summed E-state index contributed by atoms with van der Waals surface area (Å²) in [7, 11) is -1.94. The lowest BCUT2D eigenvalue weighted by molar-refractivity contribution is -0.123. The van der Waals surface area contributed by atoms with Gasteiger partial charge in [-0.25, -0.2) is 22.5 Å². The van der Waals surface area contributed by atoms with Crippen LogP contribution in [-0.4, -0.2) is 124 Å². The molecule has 5 atom stereocenters. The topological polar surface area (TPSA) is 181 Å². The van der Waals surface area contributed by atoms with Crippen LogP contribution in [0.3, 0.4) is 0 Å². The Morgan fingerprint density at radius 1 is 1.02 bits per heavy atom. The Kier molecular flexibility index (Phi) is 9.16. The van der Waals surface area contributed by atoms with E-state index >= 15 is 4.79 Å². The molecule has 0 radical (unpaired) electrons. The van der Waals surface area contributed by atoms with Crippen molar-refractivity contribution in [2.75, 3.05) is 58.0 Å². The van der Waals surface area contributed by atoms with Gasteiger partial charge in [0, 0.05) is 61.1 Å².